The van der Waals surface area contributed by atoms with Gasteiger partial charge in [-0.05, 0) is 49.2 Å². The number of piperidine rings is 1. The average Bonchev–Trinajstić information content (AvgIpc) is 2.71. The van der Waals surface area contributed by atoms with E-state index < -0.39 is 0 Å². The molecule has 2 aliphatic heterocycles. The molecule has 0 aromatic heterocycles. The standard InChI is InChI=1S/C22H27F2N3/c23-19-9-7-18(8-10-19)16-25-11-3-4-20(17-25)26-12-14-27(15-13-26)22-6-2-1-5-21(22)24/h1-2,5-10,20H,3-4,11-17H2/t20-/m0/s1. The Morgan fingerprint density at radius 3 is 2.33 bits per heavy atom. The van der Waals surface area contributed by atoms with E-state index in [2.05, 4.69) is 14.7 Å². The smallest absolute Gasteiger partial charge is 0.146 e. The third kappa shape index (κ3) is 4.47. The maximum atomic E-state index is 14.0. The van der Waals surface area contributed by atoms with Crippen molar-refractivity contribution in [3.63, 3.8) is 0 Å². The van der Waals surface area contributed by atoms with Crippen molar-refractivity contribution >= 4 is 5.69 Å². The molecule has 2 aromatic carbocycles. The number of piperazine rings is 1. The summed E-state index contributed by atoms with van der Waals surface area (Å²) in [4.78, 5) is 7.20. The molecular weight excluding hydrogens is 344 g/mol. The van der Waals surface area contributed by atoms with Crippen LogP contribution in [0.1, 0.15) is 18.4 Å². The fourth-order valence-corrected chi connectivity index (χ4v) is 4.36. The van der Waals surface area contributed by atoms with E-state index in [1.807, 2.05) is 24.3 Å². The highest BCUT2D eigenvalue weighted by atomic mass is 19.1. The number of hydrogen-bond donors (Lipinski definition) is 0. The zero-order chi connectivity index (χ0) is 18.6. The van der Waals surface area contributed by atoms with Crippen molar-refractivity contribution in [1.82, 2.24) is 9.80 Å². The van der Waals surface area contributed by atoms with Gasteiger partial charge in [0.2, 0.25) is 0 Å². The summed E-state index contributed by atoms with van der Waals surface area (Å²) in [6, 6.07) is 14.5. The van der Waals surface area contributed by atoms with Crippen LogP contribution in [0, 0.1) is 11.6 Å². The predicted octanol–water partition coefficient (Wildman–Crippen LogP) is 3.75. The van der Waals surface area contributed by atoms with Crippen molar-refractivity contribution in [3.8, 4) is 0 Å². The lowest BCUT2D eigenvalue weighted by molar-refractivity contribution is 0.0886. The fourth-order valence-electron chi connectivity index (χ4n) is 4.36. The molecule has 5 heteroatoms. The molecule has 0 amide bonds. The Morgan fingerprint density at radius 1 is 0.852 bits per heavy atom. The van der Waals surface area contributed by atoms with Crippen molar-refractivity contribution < 1.29 is 8.78 Å². The van der Waals surface area contributed by atoms with Crippen LogP contribution in [0.3, 0.4) is 0 Å². The van der Waals surface area contributed by atoms with E-state index in [9.17, 15) is 8.78 Å². The highest BCUT2D eigenvalue weighted by Crippen LogP contribution is 2.23. The molecule has 3 nitrogen and oxygen atoms in total. The first-order chi connectivity index (χ1) is 13.2. The van der Waals surface area contributed by atoms with Gasteiger partial charge in [-0.3, -0.25) is 9.80 Å². The Kier molecular flexibility index (Phi) is 5.69. The average molecular weight is 371 g/mol. The van der Waals surface area contributed by atoms with Crippen molar-refractivity contribution in [3.05, 3.63) is 65.7 Å². The van der Waals surface area contributed by atoms with Gasteiger partial charge in [0.15, 0.2) is 0 Å². The van der Waals surface area contributed by atoms with E-state index in [-0.39, 0.29) is 11.6 Å². The molecule has 0 spiro atoms. The molecule has 4 rings (SSSR count). The van der Waals surface area contributed by atoms with Gasteiger partial charge in [-0.2, -0.15) is 0 Å². The highest BCUT2D eigenvalue weighted by molar-refractivity contribution is 5.48. The molecule has 2 aromatic rings. The number of anilines is 1. The molecule has 0 unspecified atom stereocenters. The number of rotatable bonds is 4. The van der Waals surface area contributed by atoms with Crippen LogP contribution in [0.25, 0.3) is 0 Å². The maximum absolute atomic E-state index is 14.0. The van der Waals surface area contributed by atoms with E-state index in [4.69, 9.17) is 0 Å². The van der Waals surface area contributed by atoms with Crippen LogP contribution >= 0.6 is 0 Å². The molecule has 1 atom stereocenters. The molecule has 0 radical (unpaired) electrons. The summed E-state index contributed by atoms with van der Waals surface area (Å²) in [7, 11) is 0. The summed E-state index contributed by atoms with van der Waals surface area (Å²) in [5.74, 6) is -0.308. The van der Waals surface area contributed by atoms with Gasteiger partial charge >= 0.3 is 0 Å². The Balaban J connectivity index is 1.31. The molecular formula is C22H27F2N3. The molecule has 2 heterocycles. The van der Waals surface area contributed by atoms with Gasteiger partial charge in [-0.25, -0.2) is 8.78 Å². The second kappa shape index (κ2) is 8.36. The number of halogens is 2. The lowest BCUT2D eigenvalue weighted by Gasteiger charge is -2.44. The van der Waals surface area contributed by atoms with E-state index >= 15 is 0 Å². The van der Waals surface area contributed by atoms with Crippen LogP contribution in [0.5, 0.6) is 0 Å². The third-order valence-electron chi connectivity index (χ3n) is 5.82. The SMILES string of the molecule is Fc1ccc(CN2CCC[C@H](N3CCN(c4ccccc4F)CC3)C2)cc1. The Morgan fingerprint density at radius 2 is 1.59 bits per heavy atom. The van der Waals surface area contributed by atoms with E-state index in [1.54, 1.807) is 18.2 Å². The summed E-state index contributed by atoms with van der Waals surface area (Å²) < 4.78 is 27.1. The second-order valence-electron chi connectivity index (χ2n) is 7.63. The maximum Gasteiger partial charge on any atom is 0.146 e. The zero-order valence-electron chi connectivity index (χ0n) is 15.7. The second-order valence-corrected chi connectivity index (χ2v) is 7.63. The molecule has 2 saturated heterocycles. The van der Waals surface area contributed by atoms with Crippen LogP contribution < -0.4 is 4.90 Å². The zero-order valence-corrected chi connectivity index (χ0v) is 15.7. The van der Waals surface area contributed by atoms with Crippen LogP contribution in [-0.2, 0) is 6.54 Å². The minimum Gasteiger partial charge on any atom is -0.367 e. The summed E-state index contributed by atoms with van der Waals surface area (Å²) in [6.07, 6.45) is 2.42. The van der Waals surface area contributed by atoms with Crippen molar-refractivity contribution in [2.45, 2.75) is 25.4 Å². The van der Waals surface area contributed by atoms with Gasteiger partial charge in [-0.1, -0.05) is 24.3 Å². The predicted molar refractivity (Wildman–Crippen MR) is 105 cm³/mol. The molecule has 0 bridgehead atoms. The fraction of sp³-hybridized carbons (Fsp3) is 0.455. The van der Waals surface area contributed by atoms with Crippen LogP contribution in [0.4, 0.5) is 14.5 Å². The Hall–Kier alpha value is -1.98. The highest BCUT2D eigenvalue weighted by Gasteiger charge is 2.28. The molecule has 2 aliphatic rings. The largest absolute Gasteiger partial charge is 0.367 e. The number of para-hydroxylation sites is 1. The van der Waals surface area contributed by atoms with Crippen molar-refractivity contribution in [1.29, 1.82) is 0 Å². The van der Waals surface area contributed by atoms with Gasteiger partial charge in [0.25, 0.3) is 0 Å². The monoisotopic (exact) mass is 371 g/mol. The molecule has 144 valence electrons. The summed E-state index contributed by atoms with van der Waals surface area (Å²) in [5.41, 5.74) is 1.89. The number of benzene rings is 2. The quantitative estimate of drug-likeness (QED) is 0.810. The number of nitrogens with zero attached hydrogens (tertiary/aromatic N) is 3. The van der Waals surface area contributed by atoms with E-state index in [1.165, 1.54) is 24.5 Å². The van der Waals surface area contributed by atoms with Gasteiger partial charge in [0.05, 0.1) is 5.69 Å². The molecule has 2 fully saturated rings. The molecule has 27 heavy (non-hydrogen) atoms. The normalized spacial score (nSPS) is 22.1. The van der Waals surface area contributed by atoms with Gasteiger partial charge < -0.3 is 4.90 Å². The lowest BCUT2D eigenvalue weighted by atomic mass is 10.0. The van der Waals surface area contributed by atoms with Crippen LogP contribution in [0.15, 0.2) is 48.5 Å². The summed E-state index contributed by atoms with van der Waals surface area (Å²) in [6.45, 7) is 6.73. The third-order valence-corrected chi connectivity index (χ3v) is 5.82. The van der Waals surface area contributed by atoms with Gasteiger partial charge in [-0.15, -0.1) is 0 Å². The van der Waals surface area contributed by atoms with E-state index in [0.29, 0.717) is 6.04 Å². The summed E-state index contributed by atoms with van der Waals surface area (Å²) in [5, 5.41) is 0. The first-order valence-corrected chi connectivity index (χ1v) is 9.89. The molecule has 0 aliphatic carbocycles. The van der Waals surface area contributed by atoms with Gasteiger partial charge in [0, 0.05) is 45.3 Å². The topological polar surface area (TPSA) is 9.72 Å². The Bertz CT molecular complexity index is 741. The van der Waals surface area contributed by atoms with Crippen molar-refractivity contribution in [2.24, 2.45) is 0 Å². The lowest BCUT2D eigenvalue weighted by Crippen LogP contribution is -2.55. The number of hydrogen-bond acceptors (Lipinski definition) is 3. The van der Waals surface area contributed by atoms with Crippen LogP contribution in [0.2, 0.25) is 0 Å². The Labute approximate surface area is 160 Å². The minimum absolute atomic E-state index is 0.130. The van der Waals surface area contributed by atoms with Gasteiger partial charge in [0.1, 0.15) is 11.6 Å². The first kappa shape index (κ1) is 18.4. The molecule has 0 saturated carbocycles. The minimum atomic E-state index is -0.178. The van der Waals surface area contributed by atoms with E-state index in [0.717, 1.165) is 51.5 Å². The number of likely N-dealkylation sites (tertiary alicyclic amines) is 1. The van der Waals surface area contributed by atoms with Crippen molar-refractivity contribution in [2.75, 3.05) is 44.2 Å². The molecule has 0 N–H and O–H groups in total. The summed E-state index contributed by atoms with van der Waals surface area (Å²) >= 11 is 0. The van der Waals surface area contributed by atoms with Crippen LogP contribution in [-0.4, -0.2) is 55.1 Å². The first-order valence-electron chi connectivity index (χ1n) is 9.89.